The van der Waals surface area contributed by atoms with Gasteiger partial charge in [-0.1, -0.05) is 0 Å². The van der Waals surface area contributed by atoms with Gasteiger partial charge in [-0.25, -0.2) is 0 Å². The average molecular weight is 232 g/mol. The molecule has 0 saturated heterocycles. The van der Waals surface area contributed by atoms with Crippen LogP contribution in [0.3, 0.4) is 0 Å². The molecule has 5 heteroatoms. The Morgan fingerprint density at radius 1 is 1.50 bits per heavy atom. The predicted octanol–water partition coefficient (Wildman–Crippen LogP) is -0.0304. The van der Waals surface area contributed by atoms with E-state index < -0.39 is 6.04 Å². The Bertz CT molecular complexity index is 198. The zero-order valence-corrected chi connectivity index (χ0v) is 10.5. The number of nitrogens with two attached hydrogens (primary N) is 1. The smallest absolute Gasteiger partial charge is 0.239 e. The van der Waals surface area contributed by atoms with Crippen LogP contribution in [-0.4, -0.2) is 54.9 Å². The molecule has 0 heterocycles. The fraction of sp³-hybridized carbons (Fsp3) is 0.909. The summed E-state index contributed by atoms with van der Waals surface area (Å²) in [5, 5.41) is 8.77. The van der Waals surface area contributed by atoms with Gasteiger partial charge in [0.15, 0.2) is 0 Å². The first-order valence-corrected chi connectivity index (χ1v) is 5.70. The lowest BCUT2D eigenvalue weighted by Crippen LogP contribution is -2.47. The number of hydrogen-bond acceptors (Lipinski definition) is 4. The van der Waals surface area contributed by atoms with Gasteiger partial charge in [-0.3, -0.25) is 4.79 Å². The van der Waals surface area contributed by atoms with Gasteiger partial charge in [0.1, 0.15) is 0 Å². The first-order valence-electron chi connectivity index (χ1n) is 5.70. The van der Waals surface area contributed by atoms with Crippen molar-refractivity contribution in [1.29, 1.82) is 0 Å². The molecule has 96 valence electrons. The monoisotopic (exact) mass is 232 g/mol. The van der Waals surface area contributed by atoms with E-state index in [1.165, 1.54) is 0 Å². The molecule has 0 aliphatic carbocycles. The van der Waals surface area contributed by atoms with Gasteiger partial charge in [0.25, 0.3) is 0 Å². The van der Waals surface area contributed by atoms with Crippen LogP contribution in [0.4, 0.5) is 0 Å². The quantitative estimate of drug-likeness (QED) is 0.616. The Morgan fingerprint density at radius 3 is 2.56 bits per heavy atom. The van der Waals surface area contributed by atoms with E-state index in [0.29, 0.717) is 26.0 Å². The lowest BCUT2D eigenvalue weighted by molar-refractivity contribution is -0.134. The third kappa shape index (κ3) is 5.44. The summed E-state index contributed by atoms with van der Waals surface area (Å²) in [6.45, 7) is 5.01. The molecule has 0 aliphatic rings. The topological polar surface area (TPSA) is 75.8 Å². The van der Waals surface area contributed by atoms with Crippen LogP contribution in [0.25, 0.3) is 0 Å². The van der Waals surface area contributed by atoms with Crippen molar-refractivity contribution < 1.29 is 14.6 Å². The minimum absolute atomic E-state index is 0.0690. The van der Waals surface area contributed by atoms with Crippen LogP contribution in [0.1, 0.15) is 26.7 Å². The SMILES string of the molecule is COCCC(N)C(=O)N(CCCO)C(C)C. The Kier molecular flexibility index (Phi) is 8.15. The van der Waals surface area contributed by atoms with Crippen molar-refractivity contribution in [2.45, 2.75) is 38.8 Å². The number of rotatable bonds is 8. The molecule has 0 aliphatic heterocycles. The summed E-state index contributed by atoms with van der Waals surface area (Å²) in [5.74, 6) is -0.0690. The molecular formula is C11H24N2O3. The van der Waals surface area contributed by atoms with Gasteiger partial charge in [0, 0.05) is 32.9 Å². The van der Waals surface area contributed by atoms with Gasteiger partial charge in [0.05, 0.1) is 6.04 Å². The lowest BCUT2D eigenvalue weighted by atomic mass is 10.1. The van der Waals surface area contributed by atoms with Gasteiger partial charge in [-0.05, 0) is 26.7 Å². The number of carbonyl (C=O) groups excluding carboxylic acids is 1. The molecule has 16 heavy (non-hydrogen) atoms. The Balaban J connectivity index is 4.24. The first-order chi connectivity index (χ1) is 7.54. The van der Waals surface area contributed by atoms with Crippen LogP contribution in [-0.2, 0) is 9.53 Å². The predicted molar refractivity (Wildman–Crippen MR) is 63.0 cm³/mol. The van der Waals surface area contributed by atoms with E-state index in [9.17, 15) is 4.79 Å². The number of amides is 1. The molecule has 1 atom stereocenters. The molecule has 0 saturated carbocycles. The number of aliphatic hydroxyl groups is 1. The van der Waals surface area contributed by atoms with Crippen LogP contribution >= 0.6 is 0 Å². The minimum Gasteiger partial charge on any atom is -0.396 e. The van der Waals surface area contributed by atoms with E-state index in [1.807, 2.05) is 13.8 Å². The highest BCUT2D eigenvalue weighted by Crippen LogP contribution is 2.04. The first kappa shape index (κ1) is 15.3. The van der Waals surface area contributed by atoms with Gasteiger partial charge in [-0.2, -0.15) is 0 Å². The third-order valence-corrected chi connectivity index (χ3v) is 2.41. The Labute approximate surface area is 97.6 Å². The normalized spacial score (nSPS) is 12.9. The van der Waals surface area contributed by atoms with E-state index in [2.05, 4.69) is 0 Å². The van der Waals surface area contributed by atoms with E-state index in [1.54, 1.807) is 12.0 Å². The van der Waals surface area contributed by atoms with Crippen LogP contribution in [0.5, 0.6) is 0 Å². The second-order valence-electron chi connectivity index (χ2n) is 4.09. The molecule has 1 amide bonds. The van der Waals surface area contributed by atoms with Crippen LogP contribution < -0.4 is 5.73 Å². The maximum Gasteiger partial charge on any atom is 0.239 e. The molecular weight excluding hydrogens is 208 g/mol. The summed E-state index contributed by atoms with van der Waals surface area (Å²) in [7, 11) is 1.59. The Morgan fingerprint density at radius 2 is 2.12 bits per heavy atom. The van der Waals surface area contributed by atoms with Crippen LogP contribution in [0.15, 0.2) is 0 Å². The maximum atomic E-state index is 12.0. The van der Waals surface area contributed by atoms with E-state index in [4.69, 9.17) is 15.6 Å². The number of ether oxygens (including phenoxy) is 1. The standard InChI is InChI=1S/C11H24N2O3/c1-9(2)13(6-4-7-14)11(15)10(12)5-8-16-3/h9-10,14H,4-8,12H2,1-3H3. The van der Waals surface area contributed by atoms with Crippen molar-refractivity contribution >= 4 is 5.91 Å². The van der Waals surface area contributed by atoms with Gasteiger partial charge >= 0.3 is 0 Å². The highest BCUT2D eigenvalue weighted by Gasteiger charge is 2.22. The van der Waals surface area contributed by atoms with Gasteiger partial charge in [0.2, 0.25) is 5.91 Å². The van der Waals surface area contributed by atoms with Crippen LogP contribution in [0.2, 0.25) is 0 Å². The minimum atomic E-state index is -0.513. The molecule has 0 aromatic heterocycles. The Hall–Kier alpha value is -0.650. The second-order valence-corrected chi connectivity index (χ2v) is 4.09. The number of methoxy groups -OCH3 is 1. The number of carbonyl (C=O) groups is 1. The average Bonchev–Trinajstić information content (AvgIpc) is 2.25. The molecule has 0 spiro atoms. The summed E-state index contributed by atoms with van der Waals surface area (Å²) in [6, 6.07) is -0.409. The van der Waals surface area contributed by atoms with Crippen molar-refractivity contribution in [1.82, 2.24) is 4.90 Å². The molecule has 0 radical (unpaired) electrons. The second kappa shape index (κ2) is 8.50. The highest BCUT2D eigenvalue weighted by molar-refractivity contribution is 5.81. The maximum absolute atomic E-state index is 12.0. The van der Waals surface area contributed by atoms with Crippen molar-refractivity contribution in [3.8, 4) is 0 Å². The number of aliphatic hydroxyl groups excluding tert-OH is 1. The molecule has 3 N–H and O–H groups in total. The molecule has 0 fully saturated rings. The molecule has 0 bridgehead atoms. The molecule has 0 aromatic carbocycles. The fourth-order valence-corrected chi connectivity index (χ4v) is 1.45. The summed E-state index contributed by atoms with van der Waals surface area (Å²) >= 11 is 0. The molecule has 0 aromatic rings. The molecule has 1 unspecified atom stereocenters. The van der Waals surface area contributed by atoms with E-state index >= 15 is 0 Å². The largest absolute Gasteiger partial charge is 0.396 e. The van der Waals surface area contributed by atoms with Crippen LogP contribution in [0, 0.1) is 0 Å². The van der Waals surface area contributed by atoms with Gasteiger partial charge in [-0.15, -0.1) is 0 Å². The van der Waals surface area contributed by atoms with Crippen molar-refractivity contribution in [2.24, 2.45) is 5.73 Å². The molecule has 5 nitrogen and oxygen atoms in total. The summed E-state index contributed by atoms with van der Waals surface area (Å²) in [6.07, 6.45) is 1.11. The van der Waals surface area contributed by atoms with Crippen molar-refractivity contribution in [3.63, 3.8) is 0 Å². The summed E-state index contributed by atoms with van der Waals surface area (Å²) in [5.41, 5.74) is 5.78. The van der Waals surface area contributed by atoms with E-state index in [-0.39, 0.29) is 18.6 Å². The number of nitrogens with zero attached hydrogens (tertiary/aromatic N) is 1. The van der Waals surface area contributed by atoms with Gasteiger partial charge < -0.3 is 20.5 Å². The number of hydrogen-bond donors (Lipinski definition) is 2. The van der Waals surface area contributed by atoms with E-state index in [0.717, 1.165) is 0 Å². The summed E-state index contributed by atoms with van der Waals surface area (Å²) in [4.78, 5) is 13.7. The zero-order valence-electron chi connectivity index (χ0n) is 10.5. The fourth-order valence-electron chi connectivity index (χ4n) is 1.45. The van der Waals surface area contributed by atoms with Crippen molar-refractivity contribution in [2.75, 3.05) is 26.9 Å². The zero-order chi connectivity index (χ0) is 12.6. The lowest BCUT2D eigenvalue weighted by Gasteiger charge is -2.29. The molecule has 0 rings (SSSR count). The van der Waals surface area contributed by atoms with Crippen molar-refractivity contribution in [3.05, 3.63) is 0 Å². The highest BCUT2D eigenvalue weighted by atomic mass is 16.5. The third-order valence-electron chi connectivity index (χ3n) is 2.41. The summed E-state index contributed by atoms with van der Waals surface area (Å²) < 4.78 is 4.89.